The Hall–Kier alpha value is -3.26. The Bertz CT molecular complexity index is 1190. The molecule has 7 nitrogen and oxygen atoms in total. The number of carbonyl (C=O) groups is 1. The lowest BCUT2D eigenvalue weighted by Gasteiger charge is -2.26. The third-order valence-electron chi connectivity index (χ3n) is 4.70. The summed E-state index contributed by atoms with van der Waals surface area (Å²) in [4.78, 5) is 12.3. The molecule has 0 amide bonds. The van der Waals surface area contributed by atoms with E-state index in [2.05, 4.69) is 0 Å². The van der Waals surface area contributed by atoms with Crippen LogP contribution < -0.4 is 13.8 Å². The quantitative estimate of drug-likeness (QED) is 0.561. The highest BCUT2D eigenvalue weighted by atomic mass is 32.2. The van der Waals surface area contributed by atoms with Gasteiger partial charge >= 0.3 is 5.97 Å². The maximum absolute atomic E-state index is 13.5. The number of anilines is 1. The van der Waals surface area contributed by atoms with Crippen LogP contribution in [-0.2, 0) is 19.6 Å². The van der Waals surface area contributed by atoms with Crippen LogP contribution in [0.15, 0.2) is 65.6 Å². The van der Waals surface area contributed by atoms with Gasteiger partial charge in [0.15, 0.2) is 11.5 Å². The first kappa shape index (κ1) is 20.0. The number of sulfonamides is 1. The SMILES string of the molecule is CCOC(=O)CN(c1ccc2c(c1)OCCO2)S(=O)(=O)c1ccc2ccccc2c1. The van der Waals surface area contributed by atoms with Crippen LogP contribution in [0.3, 0.4) is 0 Å². The zero-order valence-electron chi connectivity index (χ0n) is 16.4. The van der Waals surface area contributed by atoms with Crippen molar-refractivity contribution >= 4 is 32.5 Å². The average Bonchev–Trinajstić information content (AvgIpc) is 2.77. The molecule has 0 aromatic heterocycles. The van der Waals surface area contributed by atoms with E-state index in [1.165, 1.54) is 6.07 Å². The molecule has 4 rings (SSSR count). The maximum Gasteiger partial charge on any atom is 0.326 e. The van der Waals surface area contributed by atoms with Crippen molar-refractivity contribution in [3.8, 4) is 11.5 Å². The van der Waals surface area contributed by atoms with Gasteiger partial charge in [-0.05, 0) is 42.0 Å². The minimum Gasteiger partial charge on any atom is -0.486 e. The van der Waals surface area contributed by atoms with Gasteiger partial charge in [-0.1, -0.05) is 30.3 Å². The van der Waals surface area contributed by atoms with E-state index in [-0.39, 0.29) is 11.5 Å². The molecular weight excluding hydrogens is 406 g/mol. The van der Waals surface area contributed by atoms with E-state index in [9.17, 15) is 13.2 Å². The summed E-state index contributed by atoms with van der Waals surface area (Å²) in [6, 6.07) is 17.1. The third kappa shape index (κ3) is 3.91. The number of hydrogen-bond acceptors (Lipinski definition) is 6. The van der Waals surface area contributed by atoms with Crippen molar-refractivity contribution in [2.45, 2.75) is 11.8 Å². The van der Waals surface area contributed by atoms with Crippen molar-refractivity contribution in [2.75, 3.05) is 30.7 Å². The number of esters is 1. The van der Waals surface area contributed by atoms with Gasteiger partial charge in [0.25, 0.3) is 10.0 Å². The molecule has 30 heavy (non-hydrogen) atoms. The Morgan fingerprint density at radius 3 is 2.47 bits per heavy atom. The van der Waals surface area contributed by atoms with Crippen molar-refractivity contribution < 1.29 is 27.4 Å². The van der Waals surface area contributed by atoms with Gasteiger partial charge in [0.2, 0.25) is 0 Å². The molecular formula is C22H21NO6S. The first-order chi connectivity index (χ1) is 14.5. The fraction of sp³-hybridized carbons (Fsp3) is 0.227. The van der Waals surface area contributed by atoms with Crippen LogP contribution in [0.4, 0.5) is 5.69 Å². The Morgan fingerprint density at radius 1 is 0.967 bits per heavy atom. The monoisotopic (exact) mass is 427 g/mol. The van der Waals surface area contributed by atoms with E-state index < -0.39 is 22.5 Å². The molecule has 1 heterocycles. The predicted octanol–water partition coefficient (Wildman–Crippen LogP) is 3.37. The van der Waals surface area contributed by atoms with Crippen LogP contribution in [-0.4, -0.2) is 40.8 Å². The number of nitrogens with zero attached hydrogens (tertiary/aromatic N) is 1. The second kappa shape index (κ2) is 8.23. The summed E-state index contributed by atoms with van der Waals surface area (Å²) in [6.07, 6.45) is 0. The first-order valence-electron chi connectivity index (χ1n) is 9.56. The summed E-state index contributed by atoms with van der Waals surface area (Å²) in [7, 11) is -4.05. The Morgan fingerprint density at radius 2 is 1.70 bits per heavy atom. The number of hydrogen-bond donors (Lipinski definition) is 0. The van der Waals surface area contributed by atoms with Gasteiger partial charge in [0.1, 0.15) is 19.8 Å². The Balaban J connectivity index is 1.78. The molecule has 0 atom stereocenters. The molecule has 156 valence electrons. The number of fused-ring (bicyclic) bond motifs is 2. The van der Waals surface area contributed by atoms with E-state index in [4.69, 9.17) is 14.2 Å². The normalized spacial score (nSPS) is 13.1. The fourth-order valence-electron chi connectivity index (χ4n) is 3.28. The van der Waals surface area contributed by atoms with Gasteiger partial charge in [-0.3, -0.25) is 9.10 Å². The van der Waals surface area contributed by atoms with Crippen LogP contribution in [0.25, 0.3) is 10.8 Å². The molecule has 0 unspecified atom stereocenters. The van der Waals surface area contributed by atoms with Crippen molar-refractivity contribution in [1.29, 1.82) is 0 Å². The molecule has 8 heteroatoms. The van der Waals surface area contributed by atoms with Crippen molar-refractivity contribution in [1.82, 2.24) is 0 Å². The molecule has 0 fully saturated rings. The standard InChI is InChI=1S/C22H21NO6S/c1-2-27-22(24)15-23(18-8-10-20-21(14-18)29-12-11-28-20)30(25,26)19-9-7-16-5-3-4-6-17(16)13-19/h3-10,13-14H,2,11-12,15H2,1H3. The number of rotatable bonds is 6. The highest BCUT2D eigenvalue weighted by molar-refractivity contribution is 7.92. The van der Waals surface area contributed by atoms with E-state index in [1.807, 2.05) is 24.3 Å². The zero-order chi connectivity index (χ0) is 21.1. The second-order valence-corrected chi connectivity index (χ2v) is 8.52. The summed E-state index contributed by atoms with van der Waals surface area (Å²) in [5, 5.41) is 1.71. The lowest BCUT2D eigenvalue weighted by molar-refractivity contribution is -0.141. The molecule has 0 bridgehead atoms. The van der Waals surface area contributed by atoms with E-state index in [1.54, 1.807) is 37.3 Å². The molecule has 3 aromatic rings. The fourth-order valence-corrected chi connectivity index (χ4v) is 4.72. The van der Waals surface area contributed by atoms with Gasteiger partial charge in [-0.25, -0.2) is 8.42 Å². The summed E-state index contributed by atoms with van der Waals surface area (Å²) in [5.41, 5.74) is 0.292. The average molecular weight is 427 g/mol. The van der Waals surface area contributed by atoms with Crippen LogP contribution in [0.1, 0.15) is 6.92 Å². The first-order valence-corrected chi connectivity index (χ1v) is 11.0. The molecule has 0 N–H and O–H groups in total. The van der Waals surface area contributed by atoms with Crippen LogP contribution >= 0.6 is 0 Å². The third-order valence-corrected chi connectivity index (χ3v) is 6.47. The maximum atomic E-state index is 13.5. The van der Waals surface area contributed by atoms with E-state index in [0.29, 0.717) is 30.4 Å². The lowest BCUT2D eigenvalue weighted by atomic mass is 10.1. The summed E-state index contributed by atoms with van der Waals surface area (Å²) >= 11 is 0. The zero-order valence-corrected chi connectivity index (χ0v) is 17.2. The highest BCUT2D eigenvalue weighted by Gasteiger charge is 2.29. The molecule has 0 radical (unpaired) electrons. The van der Waals surface area contributed by atoms with Crippen LogP contribution in [0.2, 0.25) is 0 Å². The van der Waals surface area contributed by atoms with Gasteiger partial charge in [-0.2, -0.15) is 0 Å². The summed E-state index contributed by atoms with van der Waals surface area (Å²) in [6.45, 7) is 2.16. The second-order valence-electron chi connectivity index (χ2n) is 6.65. The van der Waals surface area contributed by atoms with E-state index in [0.717, 1.165) is 15.1 Å². The highest BCUT2D eigenvalue weighted by Crippen LogP contribution is 2.36. The lowest BCUT2D eigenvalue weighted by Crippen LogP contribution is -2.36. The van der Waals surface area contributed by atoms with Crippen LogP contribution in [0.5, 0.6) is 11.5 Å². The smallest absolute Gasteiger partial charge is 0.326 e. The van der Waals surface area contributed by atoms with Crippen molar-refractivity contribution in [2.24, 2.45) is 0 Å². The molecule has 0 saturated carbocycles. The number of ether oxygens (including phenoxy) is 3. The van der Waals surface area contributed by atoms with E-state index >= 15 is 0 Å². The van der Waals surface area contributed by atoms with Crippen molar-refractivity contribution in [3.63, 3.8) is 0 Å². The minimum atomic E-state index is -4.05. The van der Waals surface area contributed by atoms with Gasteiger partial charge in [-0.15, -0.1) is 0 Å². The summed E-state index contributed by atoms with van der Waals surface area (Å²) in [5.74, 6) is 0.322. The number of benzene rings is 3. The van der Waals surface area contributed by atoms with Gasteiger partial charge in [0.05, 0.1) is 17.2 Å². The van der Waals surface area contributed by atoms with Crippen molar-refractivity contribution in [3.05, 3.63) is 60.7 Å². The topological polar surface area (TPSA) is 82.1 Å². The molecule has 1 aliphatic heterocycles. The molecule has 3 aromatic carbocycles. The van der Waals surface area contributed by atoms with Gasteiger partial charge < -0.3 is 14.2 Å². The molecule has 0 aliphatic carbocycles. The van der Waals surface area contributed by atoms with Crippen LogP contribution in [0, 0.1) is 0 Å². The largest absolute Gasteiger partial charge is 0.486 e. The minimum absolute atomic E-state index is 0.0837. The number of carbonyl (C=O) groups excluding carboxylic acids is 1. The Labute approximate surface area is 174 Å². The molecule has 0 spiro atoms. The van der Waals surface area contributed by atoms with Gasteiger partial charge in [0, 0.05) is 6.07 Å². The Kier molecular flexibility index (Phi) is 5.50. The molecule has 0 saturated heterocycles. The molecule has 1 aliphatic rings. The summed E-state index contributed by atoms with van der Waals surface area (Å²) < 4.78 is 44.2. The predicted molar refractivity (Wildman–Crippen MR) is 113 cm³/mol.